The molecule has 0 fully saturated rings. The first-order valence-corrected chi connectivity index (χ1v) is 17.7. The summed E-state index contributed by atoms with van der Waals surface area (Å²) in [6, 6.07) is 16.5. The zero-order chi connectivity index (χ0) is 32.9. The molecule has 3 aromatic carbocycles. The van der Waals surface area contributed by atoms with Gasteiger partial charge in [-0.25, -0.2) is 4.58 Å². The number of fused-ring (bicyclic) bond motifs is 4. The van der Waals surface area contributed by atoms with E-state index in [1.165, 1.54) is 55.2 Å². The Bertz CT molecular complexity index is 2080. The minimum absolute atomic E-state index is 0.0116. The first kappa shape index (κ1) is 30.0. The molecule has 0 N–H and O–H groups in total. The fourth-order valence-corrected chi connectivity index (χ4v) is 10.5. The van der Waals surface area contributed by atoms with Crippen molar-refractivity contribution < 1.29 is 0 Å². The van der Waals surface area contributed by atoms with Gasteiger partial charge in [0, 0.05) is 60.0 Å². The maximum Gasteiger partial charge on any atom is 0.212 e. The van der Waals surface area contributed by atoms with Crippen LogP contribution < -0.4 is 20.1 Å². The monoisotopic (exact) mass is 609 g/mol. The molecule has 3 aromatic rings. The Kier molecular flexibility index (Phi) is 5.83. The molecule has 0 atom stereocenters. The highest BCUT2D eigenvalue weighted by Crippen LogP contribution is 2.57. The van der Waals surface area contributed by atoms with Crippen molar-refractivity contribution in [1.29, 1.82) is 0 Å². The summed E-state index contributed by atoms with van der Waals surface area (Å²) in [4.78, 5) is 2.74. The van der Waals surface area contributed by atoms with Crippen LogP contribution in [0, 0.1) is 0 Å². The lowest BCUT2D eigenvalue weighted by Crippen LogP contribution is -2.58. The van der Waals surface area contributed by atoms with Gasteiger partial charge in [-0.2, -0.15) is 0 Å². The SMILES string of the molecule is CC1=CC(C)(C)N2CCC(C)(C)c3c2c1cc1c3C(C)(C)c2c3c4c(cc2=C1c1ccccc1)C(C)=CC(C)(C)[N+]=4CCC3(C)C. The lowest BCUT2D eigenvalue weighted by Gasteiger charge is -2.53. The van der Waals surface area contributed by atoms with E-state index in [1.807, 2.05) is 0 Å². The first-order chi connectivity index (χ1) is 21.4. The number of benzene rings is 3. The van der Waals surface area contributed by atoms with E-state index in [-0.39, 0.29) is 27.3 Å². The molecule has 0 aromatic heterocycles. The van der Waals surface area contributed by atoms with E-state index in [4.69, 9.17) is 0 Å². The van der Waals surface area contributed by atoms with Crippen LogP contribution in [0.3, 0.4) is 0 Å². The Morgan fingerprint density at radius 3 is 2.00 bits per heavy atom. The van der Waals surface area contributed by atoms with Gasteiger partial charge < -0.3 is 4.90 Å². The maximum atomic E-state index is 2.74. The molecule has 4 aliphatic heterocycles. The smallest absolute Gasteiger partial charge is 0.212 e. The van der Waals surface area contributed by atoms with Crippen molar-refractivity contribution in [1.82, 2.24) is 4.58 Å². The largest absolute Gasteiger partial charge is 0.362 e. The molecule has 238 valence electrons. The highest BCUT2D eigenvalue weighted by Gasteiger charge is 2.51. The lowest BCUT2D eigenvalue weighted by atomic mass is 9.58. The topological polar surface area (TPSA) is 6.25 Å². The average molecular weight is 610 g/mol. The van der Waals surface area contributed by atoms with Crippen LogP contribution in [0.15, 0.2) is 54.6 Å². The maximum absolute atomic E-state index is 2.74. The lowest BCUT2D eigenvalue weighted by molar-refractivity contribution is 0.311. The van der Waals surface area contributed by atoms with E-state index in [9.17, 15) is 0 Å². The predicted molar refractivity (Wildman–Crippen MR) is 197 cm³/mol. The van der Waals surface area contributed by atoms with Crippen molar-refractivity contribution in [3.05, 3.63) is 110 Å². The second-order valence-corrected chi connectivity index (χ2v) is 18.0. The van der Waals surface area contributed by atoms with E-state index in [0.717, 1.165) is 25.9 Å². The second-order valence-electron chi connectivity index (χ2n) is 18.0. The molecule has 5 aliphatic rings. The van der Waals surface area contributed by atoms with Gasteiger partial charge in [-0.05, 0) is 107 Å². The van der Waals surface area contributed by atoms with Crippen LogP contribution in [0.1, 0.15) is 140 Å². The number of hydrogen-bond acceptors (Lipinski definition) is 1. The fourth-order valence-electron chi connectivity index (χ4n) is 10.5. The third-order valence-corrected chi connectivity index (χ3v) is 12.6. The summed E-state index contributed by atoms with van der Waals surface area (Å²) in [5, 5.41) is 2.94. The summed E-state index contributed by atoms with van der Waals surface area (Å²) in [6.07, 6.45) is 7.34. The van der Waals surface area contributed by atoms with Crippen LogP contribution in [0.5, 0.6) is 0 Å². The molecule has 4 heterocycles. The normalized spacial score (nSPS) is 23.4. The quantitative estimate of drug-likeness (QED) is 0.250. The molecule has 46 heavy (non-hydrogen) atoms. The number of allylic oxidation sites excluding steroid dienone is 2. The van der Waals surface area contributed by atoms with Crippen molar-refractivity contribution in [3.8, 4) is 0 Å². The van der Waals surface area contributed by atoms with Gasteiger partial charge in [0.2, 0.25) is 5.36 Å². The van der Waals surface area contributed by atoms with Crippen molar-refractivity contribution in [2.24, 2.45) is 0 Å². The van der Waals surface area contributed by atoms with E-state index >= 15 is 0 Å². The standard InChI is InChI=1S/C44H53N2/c1-26-24-42(7,8)45-20-18-40(3,4)36-34-31(22-29(26)38(36)45)33(28-16-14-13-15-17-28)32-23-30-27(2)25-43(9,10)46-21-19-41(5,6)37(39(30)46)35(32)44(34,11)12/h13-17,22-25H,18-21H2,1-12H3/q+1. The zero-order valence-corrected chi connectivity index (χ0v) is 30.4. The Hall–Kier alpha value is -3.39. The molecule has 2 nitrogen and oxygen atoms in total. The molecule has 0 unspecified atom stereocenters. The van der Waals surface area contributed by atoms with Crippen LogP contribution >= 0.6 is 0 Å². The highest BCUT2D eigenvalue weighted by molar-refractivity contribution is 5.94. The fraction of sp³-hybridized carbons (Fsp3) is 0.477. The number of anilines is 1. The van der Waals surface area contributed by atoms with Crippen LogP contribution in [0.4, 0.5) is 5.69 Å². The second kappa shape index (κ2) is 8.94. The van der Waals surface area contributed by atoms with E-state index < -0.39 is 0 Å². The van der Waals surface area contributed by atoms with Crippen LogP contribution in [0.25, 0.3) is 16.7 Å². The number of nitrogens with zero attached hydrogens (tertiary/aromatic N) is 2. The summed E-state index contributed by atoms with van der Waals surface area (Å²) < 4.78 is 2.74. The Balaban J connectivity index is 1.66. The van der Waals surface area contributed by atoms with E-state index in [1.54, 1.807) is 22.3 Å². The Morgan fingerprint density at radius 1 is 0.652 bits per heavy atom. The minimum Gasteiger partial charge on any atom is -0.362 e. The molecule has 0 spiro atoms. The van der Waals surface area contributed by atoms with Crippen LogP contribution in [-0.2, 0) is 16.2 Å². The molecule has 0 amide bonds. The average Bonchev–Trinajstić information content (AvgIpc) is 2.94. The van der Waals surface area contributed by atoms with Gasteiger partial charge in [0.25, 0.3) is 0 Å². The minimum atomic E-state index is -0.184. The predicted octanol–water partition coefficient (Wildman–Crippen LogP) is 8.62. The third kappa shape index (κ3) is 3.73. The molecule has 0 radical (unpaired) electrons. The highest BCUT2D eigenvalue weighted by atomic mass is 15.2. The molecule has 2 heteroatoms. The van der Waals surface area contributed by atoms with Crippen LogP contribution in [0.2, 0.25) is 0 Å². The summed E-state index contributed by atoms with van der Waals surface area (Å²) in [6.45, 7) is 31.7. The summed E-state index contributed by atoms with van der Waals surface area (Å²) in [5.74, 6) is 0. The Morgan fingerprint density at radius 2 is 1.30 bits per heavy atom. The van der Waals surface area contributed by atoms with Gasteiger partial charge in [0.15, 0.2) is 5.54 Å². The van der Waals surface area contributed by atoms with Crippen molar-refractivity contribution in [2.75, 3.05) is 18.0 Å². The van der Waals surface area contributed by atoms with E-state index in [2.05, 4.69) is 147 Å². The molecule has 8 rings (SSSR count). The van der Waals surface area contributed by atoms with Crippen LogP contribution in [-0.4, -0.2) is 24.2 Å². The first-order valence-electron chi connectivity index (χ1n) is 17.7. The zero-order valence-electron chi connectivity index (χ0n) is 30.4. The molecular formula is C44H53N2+. The summed E-state index contributed by atoms with van der Waals surface area (Å²) >= 11 is 0. The van der Waals surface area contributed by atoms with Gasteiger partial charge in [0.05, 0.1) is 5.54 Å². The van der Waals surface area contributed by atoms with Gasteiger partial charge in [-0.3, -0.25) is 0 Å². The van der Waals surface area contributed by atoms with Crippen molar-refractivity contribution in [2.45, 2.75) is 123 Å². The number of rotatable bonds is 1. The molecule has 1 aliphatic carbocycles. The van der Waals surface area contributed by atoms with Gasteiger partial charge in [0.1, 0.15) is 6.54 Å². The summed E-state index contributed by atoms with van der Waals surface area (Å²) in [7, 11) is 0. The van der Waals surface area contributed by atoms with Gasteiger partial charge >= 0.3 is 0 Å². The van der Waals surface area contributed by atoms with Crippen molar-refractivity contribution >= 4 is 22.4 Å². The summed E-state index contributed by atoms with van der Waals surface area (Å²) in [5.41, 5.74) is 17.6. The van der Waals surface area contributed by atoms with Crippen molar-refractivity contribution in [3.63, 3.8) is 0 Å². The molecule has 0 bridgehead atoms. The van der Waals surface area contributed by atoms with E-state index in [0.29, 0.717) is 0 Å². The Labute approximate surface area is 277 Å². The molecule has 0 saturated heterocycles. The molecular weight excluding hydrogens is 556 g/mol. The van der Waals surface area contributed by atoms with Gasteiger partial charge in [-0.1, -0.05) is 78.0 Å². The number of hydrogen-bond donors (Lipinski definition) is 0. The third-order valence-electron chi connectivity index (χ3n) is 12.6. The molecule has 0 saturated carbocycles. The van der Waals surface area contributed by atoms with Gasteiger partial charge in [-0.15, -0.1) is 0 Å².